The van der Waals surface area contributed by atoms with Gasteiger partial charge in [0, 0.05) is 31.7 Å². The highest BCUT2D eigenvalue weighted by molar-refractivity contribution is 6.04. The van der Waals surface area contributed by atoms with E-state index in [2.05, 4.69) is 15.6 Å². The maximum Gasteiger partial charge on any atom is 0.257 e. The topological polar surface area (TPSA) is 63.2 Å². The lowest BCUT2D eigenvalue weighted by Crippen LogP contribution is -2.14. The molecule has 1 aromatic heterocycles. The molecule has 0 bridgehead atoms. The molecule has 0 fully saturated rings. The van der Waals surface area contributed by atoms with E-state index in [0.717, 1.165) is 16.9 Å². The first-order valence-corrected chi connectivity index (χ1v) is 7.16. The minimum Gasteiger partial charge on any atom is -0.383 e. The molecule has 1 aromatic carbocycles. The molecular formula is C17H21N3O2. The number of aromatic nitrogens is 1. The van der Waals surface area contributed by atoms with Crippen LogP contribution < -0.4 is 10.6 Å². The van der Waals surface area contributed by atoms with Crippen molar-refractivity contribution in [3.8, 4) is 0 Å². The number of anilines is 2. The summed E-state index contributed by atoms with van der Waals surface area (Å²) in [7, 11) is 1.65. The third-order valence-corrected chi connectivity index (χ3v) is 3.27. The lowest BCUT2D eigenvalue weighted by Gasteiger charge is -2.10. The van der Waals surface area contributed by atoms with Gasteiger partial charge >= 0.3 is 0 Å². The standard InChI is InChI=1S/C17H21N3O2/c1-12-4-5-16(13(2)8-12)20-17(21)14-9-15(11-18-10-14)19-6-7-22-3/h4-5,8-11,19H,6-7H2,1-3H3,(H,20,21). The summed E-state index contributed by atoms with van der Waals surface area (Å²) < 4.78 is 4.98. The van der Waals surface area contributed by atoms with Crippen LogP contribution in [0.3, 0.4) is 0 Å². The number of hydrogen-bond donors (Lipinski definition) is 2. The van der Waals surface area contributed by atoms with Gasteiger partial charge in [0.15, 0.2) is 0 Å². The van der Waals surface area contributed by atoms with Gasteiger partial charge in [-0.25, -0.2) is 0 Å². The molecule has 2 aromatic rings. The number of nitrogens with zero attached hydrogens (tertiary/aromatic N) is 1. The number of aryl methyl sites for hydroxylation is 2. The summed E-state index contributed by atoms with van der Waals surface area (Å²) in [4.78, 5) is 16.4. The van der Waals surface area contributed by atoms with Gasteiger partial charge in [-0.1, -0.05) is 17.7 Å². The van der Waals surface area contributed by atoms with Crippen molar-refractivity contribution in [3.05, 3.63) is 53.3 Å². The van der Waals surface area contributed by atoms with E-state index in [4.69, 9.17) is 4.74 Å². The molecule has 0 aliphatic heterocycles. The SMILES string of the molecule is COCCNc1cncc(C(=O)Nc2ccc(C)cc2C)c1. The predicted octanol–water partition coefficient (Wildman–Crippen LogP) is 3.01. The van der Waals surface area contributed by atoms with Crippen LogP contribution in [0.15, 0.2) is 36.7 Å². The molecule has 22 heavy (non-hydrogen) atoms. The number of rotatable bonds is 6. The second-order valence-electron chi connectivity index (χ2n) is 5.15. The second kappa shape index (κ2) is 7.56. The van der Waals surface area contributed by atoms with Gasteiger partial charge in [0.05, 0.1) is 17.9 Å². The summed E-state index contributed by atoms with van der Waals surface area (Å²) in [5.74, 6) is -0.171. The van der Waals surface area contributed by atoms with Crippen molar-refractivity contribution in [2.24, 2.45) is 0 Å². The van der Waals surface area contributed by atoms with Crippen LogP contribution in [0.2, 0.25) is 0 Å². The number of carbonyl (C=O) groups excluding carboxylic acids is 1. The summed E-state index contributed by atoms with van der Waals surface area (Å²) in [6.07, 6.45) is 3.24. The molecule has 0 atom stereocenters. The van der Waals surface area contributed by atoms with Gasteiger partial charge in [-0.05, 0) is 31.5 Å². The smallest absolute Gasteiger partial charge is 0.257 e. The van der Waals surface area contributed by atoms with E-state index in [-0.39, 0.29) is 5.91 Å². The van der Waals surface area contributed by atoms with Gasteiger partial charge in [-0.2, -0.15) is 0 Å². The molecule has 116 valence electrons. The van der Waals surface area contributed by atoms with Crippen molar-refractivity contribution in [1.29, 1.82) is 0 Å². The van der Waals surface area contributed by atoms with Crippen LogP contribution in [0.1, 0.15) is 21.5 Å². The zero-order valence-corrected chi connectivity index (χ0v) is 13.1. The number of ether oxygens (including phenoxy) is 1. The fourth-order valence-corrected chi connectivity index (χ4v) is 2.11. The first-order valence-electron chi connectivity index (χ1n) is 7.16. The molecule has 0 saturated heterocycles. The molecule has 0 saturated carbocycles. The maximum atomic E-state index is 12.3. The molecular weight excluding hydrogens is 278 g/mol. The van der Waals surface area contributed by atoms with E-state index >= 15 is 0 Å². The highest BCUT2D eigenvalue weighted by Gasteiger charge is 2.09. The fourth-order valence-electron chi connectivity index (χ4n) is 2.11. The Morgan fingerprint density at radius 3 is 2.77 bits per heavy atom. The molecule has 1 amide bonds. The number of pyridine rings is 1. The Bertz CT molecular complexity index is 656. The Morgan fingerprint density at radius 2 is 2.05 bits per heavy atom. The third-order valence-electron chi connectivity index (χ3n) is 3.27. The average Bonchev–Trinajstić information content (AvgIpc) is 2.50. The largest absolute Gasteiger partial charge is 0.383 e. The molecule has 2 N–H and O–H groups in total. The second-order valence-corrected chi connectivity index (χ2v) is 5.15. The molecule has 5 nitrogen and oxygen atoms in total. The van der Waals surface area contributed by atoms with E-state index < -0.39 is 0 Å². The Hall–Kier alpha value is -2.40. The van der Waals surface area contributed by atoms with Gasteiger partial charge in [-0.15, -0.1) is 0 Å². The van der Waals surface area contributed by atoms with Crippen LogP contribution in [0.4, 0.5) is 11.4 Å². The fraction of sp³-hybridized carbons (Fsp3) is 0.294. The Balaban J connectivity index is 2.07. The minimum absolute atomic E-state index is 0.171. The summed E-state index contributed by atoms with van der Waals surface area (Å²) in [6.45, 7) is 5.26. The van der Waals surface area contributed by atoms with Gasteiger partial charge < -0.3 is 15.4 Å². The van der Waals surface area contributed by atoms with Crippen LogP contribution in [-0.4, -0.2) is 31.2 Å². The number of amides is 1. The Labute approximate surface area is 130 Å². The highest BCUT2D eigenvalue weighted by atomic mass is 16.5. The van der Waals surface area contributed by atoms with Gasteiger partial charge in [0.25, 0.3) is 5.91 Å². The summed E-state index contributed by atoms with van der Waals surface area (Å²) in [6, 6.07) is 7.71. The van der Waals surface area contributed by atoms with Crippen molar-refractivity contribution in [1.82, 2.24) is 4.98 Å². The van der Waals surface area contributed by atoms with Gasteiger partial charge in [0.1, 0.15) is 0 Å². The predicted molar refractivity (Wildman–Crippen MR) is 88.5 cm³/mol. The van der Waals surface area contributed by atoms with Gasteiger partial charge in [-0.3, -0.25) is 9.78 Å². The number of benzene rings is 1. The average molecular weight is 299 g/mol. The van der Waals surface area contributed by atoms with Crippen LogP contribution >= 0.6 is 0 Å². The number of nitrogens with one attached hydrogen (secondary N) is 2. The highest BCUT2D eigenvalue weighted by Crippen LogP contribution is 2.17. The van der Waals surface area contributed by atoms with Crippen LogP contribution in [0.5, 0.6) is 0 Å². The molecule has 0 spiro atoms. The zero-order chi connectivity index (χ0) is 15.9. The lowest BCUT2D eigenvalue weighted by atomic mass is 10.1. The maximum absolute atomic E-state index is 12.3. The quantitative estimate of drug-likeness (QED) is 0.805. The lowest BCUT2D eigenvalue weighted by molar-refractivity contribution is 0.102. The van der Waals surface area contributed by atoms with E-state index in [1.807, 2.05) is 32.0 Å². The summed E-state index contributed by atoms with van der Waals surface area (Å²) in [5.41, 5.74) is 4.33. The van der Waals surface area contributed by atoms with E-state index in [0.29, 0.717) is 18.7 Å². The molecule has 1 heterocycles. The zero-order valence-electron chi connectivity index (χ0n) is 13.1. The van der Waals surface area contributed by atoms with Crippen LogP contribution in [-0.2, 0) is 4.74 Å². The number of carbonyl (C=O) groups is 1. The van der Waals surface area contributed by atoms with E-state index in [1.54, 1.807) is 25.6 Å². The normalized spacial score (nSPS) is 10.3. The van der Waals surface area contributed by atoms with E-state index in [1.165, 1.54) is 5.56 Å². The van der Waals surface area contributed by atoms with Crippen molar-refractivity contribution in [2.75, 3.05) is 30.9 Å². The first kappa shape index (κ1) is 16.0. The molecule has 0 aliphatic carbocycles. The van der Waals surface area contributed by atoms with Crippen molar-refractivity contribution in [3.63, 3.8) is 0 Å². The third kappa shape index (κ3) is 4.30. The van der Waals surface area contributed by atoms with Crippen LogP contribution in [0, 0.1) is 13.8 Å². The van der Waals surface area contributed by atoms with Gasteiger partial charge in [0.2, 0.25) is 0 Å². The number of hydrogen-bond acceptors (Lipinski definition) is 4. The summed E-state index contributed by atoms with van der Waals surface area (Å²) in [5, 5.41) is 6.07. The monoisotopic (exact) mass is 299 g/mol. The van der Waals surface area contributed by atoms with Crippen molar-refractivity contribution >= 4 is 17.3 Å². The van der Waals surface area contributed by atoms with Crippen molar-refractivity contribution in [2.45, 2.75) is 13.8 Å². The molecule has 5 heteroatoms. The first-order chi connectivity index (χ1) is 10.6. The molecule has 2 rings (SSSR count). The summed E-state index contributed by atoms with van der Waals surface area (Å²) >= 11 is 0. The molecule has 0 aliphatic rings. The molecule has 0 radical (unpaired) electrons. The minimum atomic E-state index is -0.171. The van der Waals surface area contributed by atoms with E-state index in [9.17, 15) is 4.79 Å². The van der Waals surface area contributed by atoms with Crippen molar-refractivity contribution < 1.29 is 9.53 Å². The number of methoxy groups -OCH3 is 1. The molecule has 0 unspecified atom stereocenters. The Kier molecular flexibility index (Phi) is 5.49. The Morgan fingerprint density at radius 1 is 1.23 bits per heavy atom. The van der Waals surface area contributed by atoms with Crippen LogP contribution in [0.25, 0.3) is 0 Å².